The van der Waals surface area contributed by atoms with Gasteiger partial charge in [-0.1, -0.05) is 28.1 Å². The van der Waals surface area contributed by atoms with Crippen molar-refractivity contribution in [3.8, 4) is 11.3 Å². The average molecular weight is 334 g/mol. The molecular weight excluding hydrogens is 318 g/mol. The van der Waals surface area contributed by atoms with E-state index in [1.54, 1.807) is 0 Å². The van der Waals surface area contributed by atoms with Crippen molar-refractivity contribution in [2.24, 2.45) is 0 Å². The van der Waals surface area contributed by atoms with Crippen molar-refractivity contribution in [1.29, 1.82) is 0 Å². The van der Waals surface area contributed by atoms with E-state index in [4.69, 9.17) is 4.74 Å². The molecule has 0 N–H and O–H groups in total. The van der Waals surface area contributed by atoms with Gasteiger partial charge in [0, 0.05) is 29.7 Å². The van der Waals surface area contributed by atoms with Gasteiger partial charge < -0.3 is 4.74 Å². The van der Waals surface area contributed by atoms with Gasteiger partial charge >= 0.3 is 0 Å². The molecule has 104 valence electrons. The number of benzene rings is 1. The fourth-order valence-corrected chi connectivity index (χ4v) is 2.47. The molecule has 0 saturated carbocycles. The minimum atomic E-state index is 0.810. The van der Waals surface area contributed by atoms with Crippen molar-refractivity contribution >= 4 is 15.9 Å². The molecule has 0 atom stereocenters. The normalized spacial score (nSPS) is 16.2. The Labute approximate surface area is 126 Å². The first-order valence-electron chi connectivity index (χ1n) is 6.70. The SMILES string of the molecule is Brc1ccc(-c2ccc(CN3CCOCC3)nn2)cc1. The second-order valence-corrected chi connectivity index (χ2v) is 5.72. The van der Waals surface area contributed by atoms with E-state index in [-0.39, 0.29) is 0 Å². The van der Waals surface area contributed by atoms with Crippen LogP contribution < -0.4 is 0 Å². The van der Waals surface area contributed by atoms with Crippen LogP contribution in [0, 0.1) is 0 Å². The summed E-state index contributed by atoms with van der Waals surface area (Å²) in [5.41, 5.74) is 3.00. The number of rotatable bonds is 3. The molecule has 3 rings (SSSR count). The van der Waals surface area contributed by atoms with Crippen LogP contribution in [0.1, 0.15) is 5.69 Å². The highest BCUT2D eigenvalue weighted by molar-refractivity contribution is 9.10. The summed E-state index contributed by atoms with van der Waals surface area (Å²) >= 11 is 3.43. The fourth-order valence-electron chi connectivity index (χ4n) is 2.21. The molecule has 0 amide bonds. The molecule has 1 aliphatic rings. The minimum absolute atomic E-state index is 0.810. The van der Waals surface area contributed by atoms with Crippen LogP contribution in [0.3, 0.4) is 0 Å². The summed E-state index contributed by atoms with van der Waals surface area (Å²) in [4.78, 5) is 2.34. The van der Waals surface area contributed by atoms with E-state index in [0.29, 0.717) is 0 Å². The highest BCUT2D eigenvalue weighted by Gasteiger charge is 2.11. The summed E-state index contributed by atoms with van der Waals surface area (Å²) in [6.07, 6.45) is 0. The molecule has 20 heavy (non-hydrogen) atoms. The van der Waals surface area contributed by atoms with Crippen molar-refractivity contribution in [2.45, 2.75) is 6.54 Å². The van der Waals surface area contributed by atoms with Gasteiger partial charge in [0.05, 0.1) is 24.6 Å². The van der Waals surface area contributed by atoms with Gasteiger partial charge in [-0.3, -0.25) is 4.90 Å². The first-order chi connectivity index (χ1) is 9.81. The minimum Gasteiger partial charge on any atom is -0.379 e. The van der Waals surface area contributed by atoms with Crippen molar-refractivity contribution in [3.05, 3.63) is 46.6 Å². The molecule has 1 aliphatic heterocycles. The Morgan fingerprint density at radius 3 is 2.40 bits per heavy atom. The van der Waals surface area contributed by atoms with Crippen molar-refractivity contribution < 1.29 is 4.74 Å². The quantitative estimate of drug-likeness (QED) is 0.865. The lowest BCUT2D eigenvalue weighted by Crippen LogP contribution is -2.35. The van der Waals surface area contributed by atoms with Gasteiger partial charge in [-0.15, -0.1) is 0 Å². The highest BCUT2D eigenvalue weighted by atomic mass is 79.9. The average Bonchev–Trinajstić information content (AvgIpc) is 2.50. The number of morpholine rings is 1. The van der Waals surface area contributed by atoms with Gasteiger partial charge in [-0.25, -0.2) is 0 Å². The smallest absolute Gasteiger partial charge is 0.0929 e. The monoisotopic (exact) mass is 333 g/mol. The topological polar surface area (TPSA) is 38.2 Å². The van der Waals surface area contributed by atoms with Crippen LogP contribution in [0.4, 0.5) is 0 Å². The molecule has 1 saturated heterocycles. The van der Waals surface area contributed by atoms with Gasteiger partial charge in [-0.05, 0) is 24.3 Å². The predicted octanol–water partition coefficient (Wildman–Crippen LogP) is 2.74. The molecule has 1 aromatic heterocycles. The number of hydrogen-bond donors (Lipinski definition) is 0. The Morgan fingerprint density at radius 1 is 1.00 bits per heavy atom. The maximum atomic E-state index is 5.34. The Hall–Kier alpha value is -1.30. The Balaban J connectivity index is 1.69. The van der Waals surface area contributed by atoms with Crippen LogP contribution >= 0.6 is 15.9 Å². The highest BCUT2D eigenvalue weighted by Crippen LogP contribution is 2.19. The molecule has 5 heteroatoms. The zero-order chi connectivity index (χ0) is 13.8. The van der Waals surface area contributed by atoms with E-state index in [2.05, 4.69) is 37.1 Å². The molecule has 1 fully saturated rings. The maximum Gasteiger partial charge on any atom is 0.0929 e. The summed E-state index contributed by atoms with van der Waals surface area (Å²) in [7, 11) is 0. The molecule has 2 heterocycles. The molecule has 4 nitrogen and oxygen atoms in total. The number of ether oxygens (including phenoxy) is 1. The van der Waals surface area contributed by atoms with Gasteiger partial charge in [-0.2, -0.15) is 10.2 Å². The number of nitrogens with zero attached hydrogens (tertiary/aromatic N) is 3. The maximum absolute atomic E-state index is 5.34. The van der Waals surface area contributed by atoms with E-state index >= 15 is 0 Å². The van der Waals surface area contributed by atoms with Crippen LogP contribution in [-0.4, -0.2) is 41.4 Å². The van der Waals surface area contributed by atoms with E-state index in [1.165, 1.54) is 0 Å². The second-order valence-electron chi connectivity index (χ2n) is 4.81. The zero-order valence-electron chi connectivity index (χ0n) is 11.1. The molecule has 0 spiro atoms. The molecule has 1 aromatic carbocycles. The van der Waals surface area contributed by atoms with Crippen molar-refractivity contribution in [3.63, 3.8) is 0 Å². The van der Waals surface area contributed by atoms with E-state index in [9.17, 15) is 0 Å². The standard InChI is InChI=1S/C15H16BrN3O/c16-13-3-1-12(2-4-13)15-6-5-14(17-18-15)11-19-7-9-20-10-8-19/h1-6H,7-11H2. The lowest BCUT2D eigenvalue weighted by atomic mass is 10.1. The molecule has 0 radical (unpaired) electrons. The Kier molecular flexibility index (Phi) is 4.40. The molecule has 0 aliphatic carbocycles. The van der Waals surface area contributed by atoms with E-state index in [1.807, 2.05) is 30.3 Å². The van der Waals surface area contributed by atoms with Crippen LogP contribution in [0.2, 0.25) is 0 Å². The molecular formula is C15H16BrN3O. The lowest BCUT2D eigenvalue weighted by Gasteiger charge is -2.25. The molecule has 0 unspecified atom stereocenters. The second kappa shape index (κ2) is 6.43. The first-order valence-corrected chi connectivity index (χ1v) is 7.49. The predicted molar refractivity (Wildman–Crippen MR) is 81.3 cm³/mol. The number of hydrogen-bond acceptors (Lipinski definition) is 4. The summed E-state index contributed by atoms with van der Waals surface area (Å²) in [5, 5.41) is 8.65. The van der Waals surface area contributed by atoms with Gasteiger partial charge in [0.25, 0.3) is 0 Å². The van der Waals surface area contributed by atoms with E-state index < -0.39 is 0 Å². The van der Waals surface area contributed by atoms with Crippen molar-refractivity contribution in [2.75, 3.05) is 26.3 Å². The van der Waals surface area contributed by atoms with Gasteiger partial charge in [0.15, 0.2) is 0 Å². The third kappa shape index (κ3) is 3.42. The summed E-state index contributed by atoms with van der Waals surface area (Å²) in [6, 6.07) is 12.2. The zero-order valence-corrected chi connectivity index (χ0v) is 12.7. The summed E-state index contributed by atoms with van der Waals surface area (Å²) in [5.74, 6) is 0. The third-order valence-electron chi connectivity index (χ3n) is 3.35. The fraction of sp³-hybridized carbons (Fsp3) is 0.333. The largest absolute Gasteiger partial charge is 0.379 e. The lowest BCUT2D eigenvalue weighted by molar-refractivity contribution is 0.0335. The third-order valence-corrected chi connectivity index (χ3v) is 3.88. The van der Waals surface area contributed by atoms with Crippen molar-refractivity contribution in [1.82, 2.24) is 15.1 Å². The van der Waals surface area contributed by atoms with Crippen LogP contribution in [0.5, 0.6) is 0 Å². The Morgan fingerprint density at radius 2 is 1.75 bits per heavy atom. The van der Waals surface area contributed by atoms with E-state index in [0.717, 1.165) is 54.3 Å². The summed E-state index contributed by atoms with van der Waals surface area (Å²) in [6.45, 7) is 4.40. The summed E-state index contributed by atoms with van der Waals surface area (Å²) < 4.78 is 6.41. The van der Waals surface area contributed by atoms with Gasteiger partial charge in [0.2, 0.25) is 0 Å². The molecule has 0 bridgehead atoms. The van der Waals surface area contributed by atoms with Crippen LogP contribution in [-0.2, 0) is 11.3 Å². The van der Waals surface area contributed by atoms with Crippen LogP contribution in [0.15, 0.2) is 40.9 Å². The Bertz CT molecular complexity index is 550. The number of aromatic nitrogens is 2. The van der Waals surface area contributed by atoms with Crippen LogP contribution in [0.25, 0.3) is 11.3 Å². The molecule has 2 aromatic rings. The first kappa shape index (κ1) is 13.7. The number of halogens is 1. The van der Waals surface area contributed by atoms with Gasteiger partial charge in [0.1, 0.15) is 0 Å².